The van der Waals surface area contributed by atoms with Crippen molar-refractivity contribution in [3.63, 3.8) is 0 Å². The van der Waals surface area contributed by atoms with Crippen LogP contribution >= 0.6 is 15.9 Å². The van der Waals surface area contributed by atoms with Crippen LogP contribution in [-0.4, -0.2) is 28.9 Å². The molecule has 2 aromatic rings. The summed E-state index contributed by atoms with van der Waals surface area (Å²) < 4.78 is 0.822. The van der Waals surface area contributed by atoms with Gasteiger partial charge in [-0.15, -0.1) is 0 Å². The molecule has 0 saturated carbocycles. The third-order valence-corrected chi connectivity index (χ3v) is 4.46. The molecular formula is C21H21BrN2O4. The van der Waals surface area contributed by atoms with Crippen LogP contribution in [0.3, 0.4) is 0 Å². The number of amides is 2. The molecule has 1 unspecified atom stereocenters. The highest BCUT2D eigenvalue weighted by molar-refractivity contribution is 9.10. The fourth-order valence-corrected chi connectivity index (χ4v) is 2.67. The van der Waals surface area contributed by atoms with Crippen molar-refractivity contribution >= 4 is 39.8 Å². The zero-order valence-electron chi connectivity index (χ0n) is 15.5. The van der Waals surface area contributed by atoms with Crippen molar-refractivity contribution in [1.29, 1.82) is 0 Å². The zero-order valence-corrected chi connectivity index (χ0v) is 17.1. The van der Waals surface area contributed by atoms with Crippen LogP contribution < -0.4 is 10.6 Å². The molecule has 6 nitrogen and oxygen atoms in total. The van der Waals surface area contributed by atoms with Crippen molar-refractivity contribution in [3.05, 3.63) is 75.9 Å². The molecular weight excluding hydrogens is 424 g/mol. The molecule has 0 spiro atoms. The summed E-state index contributed by atoms with van der Waals surface area (Å²) in [6, 6.07) is 14.6. The summed E-state index contributed by atoms with van der Waals surface area (Å²) >= 11 is 3.30. The van der Waals surface area contributed by atoms with E-state index < -0.39 is 23.8 Å². The second-order valence-electron chi connectivity index (χ2n) is 6.46. The van der Waals surface area contributed by atoms with Gasteiger partial charge in [0.25, 0.3) is 11.8 Å². The van der Waals surface area contributed by atoms with E-state index in [1.54, 1.807) is 62.4 Å². The third kappa shape index (κ3) is 6.06. The van der Waals surface area contributed by atoms with E-state index in [2.05, 4.69) is 26.6 Å². The number of carbonyl (C=O) groups is 3. The SMILES string of the molecule is CC(C)C(NC(=O)C(=Cc1ccccc1)NC(=O)c1ccc(Br)cc1)C(=O)O. The van der Waals surface area contributed by atoms with Gasteiger partial charge in [-0.25, -0.2) is 4.79 Å². The Labute approximate surface area is 171 Å². The summed E-state index contributed by atoms with van der Waals surface area (Å²) in [7, 11) is 0. The molecule has 0 heterocycles. The molecule has 2 aromatic carbocycles. The molecule has 28 heavy (non-hydrogen) atoms. The Morgan fingerprint density at radius 2 is 1.61 bits per heavy atom. The standard InChI is InChI=1S/C21H21BrN2O4/c1-13(2)18(21(27)28)24-20(26)17(12-14-6-4-3-5-7-14)23-19(25)15-8-10-16(22)11-9-15/h3-13,18H,1-2H3,(H,23,25)(H,24,26)(H,27,28). The highest BCUT2D eigenvalue weighted by Gasteiger charge is 2.25. The van der Waals surface area contributed by atoms with E-state index in [1.807, 2.05) is 6.07 Å². The van der Waals surface area contributed by atoms with Gasteiger partial charge in [0.05, 0.1) is 0 Å². The maximum atomic E-state index is 12.7. The summed E-state index contributed by atoms with van der Waals surface area (Å²) in [5.74, 6) is -2.60. The number of carboxylic acid groups (broad SMARTS) is 1. The zero-order chi connectivity index (χ0) is 20.7. The molecule has 1 atom stereocenters. The number of aliphatic carboxylic acids is 1. The van der Waals surface area contributed by atoms with E-state index in [-0.39, 0.29) is 11.6 Å². The lowest BCUT2D eigenvalue weighted by atomic mass is 10.0. The highest BCUT2D eigenvalue weighted by Crippen LogP contribution is 2.12. The Kier molecular flexibility index (Phi) is 7.52. The van der Waals surface area contributed by atoms with Gasteiger partial charge in [0.2, 0.25) is 0 Å². The van der Waals surface area contributed by atoms with Crippen LogP contribution in [0.2, 0.25) is 0 Å². The Morgan fingerprint density at radius 3 is 2.14 bits per heavy atom. The van der Waals surface area contributed by atoms with Gasteiger partial charge >= 0.3 is 5.97 Å². The van der Waals surface area contributed by atoms with E-state index in [0.29, 0.717) is 11.1 Å². The summed E-state index contributed by atoms with van der Waals surface area (Å²) in [4.78, 5) is 36.7. The van der Waals surface area contributed by atoms with Gasteiger partial charge in [-0.1, -0.05) is 60.1 Å². The van der Waals surface area contributed by atoms with Crippen LogP contribution in [0, 0.1) is 5.92 Å². The summed E-state index contributed by atoms with van der Waals surface area (Å²) in [6.07, 6.45) is 1.51. The average Bonchev–Trinajstić information content (AvgIpc) is 2.66. The Balaban J connectivity index is 2.30. The Bertz CT molecular complexity index is 877. The van der Waals surface area contributed by atoms with Gasteiger partial charge < -0.3 is 15.7 Å². The number of carbonyl (C=O) groups excluding carboxylic acids is 2. The predicted molar refractivity (Wildman–Crippen MR) is 110 cm³/mol. The number of hydrogen-bond acceptors (Lipinski definition) is 3. The quantitative estimate of drug-likeness (QED) is 0.569. The maximum Gasteiger partial charge on any atom is 0.326 e. The van der Waals surface area contributed by atoms with Gasteiger partial charge in [0, 0.05) is 10.0 Å². The van der Waals surface area contributed by atoms with E-state index in [9.17, 15) is 19.5 Å². The molecule has 2 amide bonds. The van der Waals surface area contributed by atoms with Crippen LogP contribution in [0.4, 0.5) is 0 Å². The topological polar surface area (TPSA) is 95.5 Å². The molecule has 0 bridgehead atoms. The predicted octanol–water partition coefficient (Wildman–Crippen LogP) is 3.45. The monoisotopic (exact) mass is 444 g/mol. The van der Waals surface area contributed by atoms with Gasteiger partial charge in [0.15, 0.2) is 0 Å². The number of hydrogen-bond donors (Lipinski definition) is 3. The third-order valence-electron chi connectivity index (χ3n) is 3.93. The fraction of sp³-hybridized carbons (Fsp3) is 0.190. The lowest BCUT2D eigenvalue weighted by Gasteiger charge is -2.19. The molecule has 0 radical (unpaired) electrons. The van der Waals surface area contributed by atoms with E-state index in [0.717, 1.165) is 4.47 Å². The molecule has 7 heteroatoms. The average molecular weight is 445 g/mol. The number of halogens is 1. The molecule has 0 aromatic heterocycles. The van der Waals surface area contributed by atoms with Crippen molar-refractivity contribution < 1.29 is 19.5 Å². The molecule has 0 aliphatic carbocycles. The number of rotatable bonds is 7. The molecule has 2 rings (SSSR count). The van der Waals surface area contributed by atoms with E-state index in [4.69, 9.17) is 0 Å². The Morgan fingerprint density at radius 1 is 1.00 bits per heavy atom. The van der Waals surface area contributed by atoms with E-state index >= 15 is 0 Å². The first-order valence-electron chi connectivity index (χ1n) is 8.65. The molecule has 0 aliphatic heterocycles. The lowest BCUT2D eigenvalue weighted by molar-refractivity contribution is -0.142. The summed E-state index contributed by atoms with van der Waals surface area (Å²) in [6.45, 7) is 3.39. The number of carboxylic acids is 1. The first-order valence-corrected chi connectivity index (χ1v) is 9.44. The van der Waals surface area contributed by atoms with Crippen molar-refractivity contribution in [3.8, 4) is 0 Å². The molecule has 0 saturated heterocycles. The van der Waals surface area contributed by atoms with Crippen molar-refractivity contribution in [2.24, 2.45) is 5.92 Å². The summed E-state index contributed by atoms with van der Waals surface area (Å²) in [5, 5.41) is 14.4. The highest BCUT2D eigenvalue weighted by atomic mass is 79.9. The van der Waals surface area contributed by atoms with Crippen LogP contribution in [0.25, 0.3) is 6.08 Å². The van der Waals surface area contributed by atoms with E-state index in [1.165, 1.54) is 6.08 Å². The van der Waals surface area contributed by atoms with Gasteiger partial charge in [0.1, 0.15) is 11.7 Å². The largest absolute Gasteiger partial charge is 0.480 e. The fourth-order valence-electron chi connectivity index (χ4n) is 2.40. The normalized spacial score (nSPS) is 12.4. The lowest BCUT2D eigenvalue weighted by Crippen LogP contribution is -2.47. The molecule has 3 N–H and O–H groups in total. The second kappa shape index (κ2) is 9.85. The van der Waals surface area contributed by atoms with Gasteiger partial charge in [-0.05, 0) is 41.8 Å². The van der Waals surface area contributed by atoms with Crippen LogP contribution in [-0.2, 0) is 9.59 Å². The summed E-state index contributed by atoms with van der Waals surface area (Å²) in [5.41, 5.74) is 1.03. The maximum absolute atomic E-state index is 12.7. The van der Waals surface area contributed by atoms with Crippen molar-refractivity contribution in [1.82, 2.24) is 10.6 Å². The second-order valence-corrected chi connectivity index (χ2v) is 7.38. The minimum atomic E-state index is -1.14. The van der Waals surface area contributed by atoms with Gasteiger partial charge in [-0.3, -0.25) is 9.59 Å². The first-order chi connectivity index (χ1) is 13.3. The first kappa shape index (κ1) is 21.4. The molecule has 0 aliphatic rings. The van der Waals surface area contributed by atoms with Crippen molar-refractivity contribution in [2.75, 3.05) is 0 Å². The minimum absolute atomic E-state index is 0.0361. The van der Waals surface area contributed by atoms with Crippen LogP contribution in [0.5, 0.6) is 0 Å². The van der Waals surface area contributed by atoms with Crippen molar-refractivity contribution in [2.45, 2.75) is 19.9 Å². The Hall–Kier alpha value is -2.93. The van der Waals surface area contributed by atoms with Gasteiger partial charge in [-0.2, -0.15) is 0 Å². The minimum Gasteiger partial charge on any atom is -0.480 e. The smallest absolute Gasteiger partial charge is 0.326 e. The molecule has 146 valence electrons. The number of nitrogens with one attached hydrogen (secondary N) is 2. The van der Waals surface area contributed by atoms with Crippen LogP contribution in [0.1, 0.15) is 29.8 Å². The number of benzene rings is 2. The van der Waals surface area contributed by atoms with Crippen LogP contribution in [0.15, 0.2) is 64.8 Å². The molecule has 0 fully saturated rings.